The Morgan fingerprint density at radius 3 is 2.56 bits per heavy atom. The van der Waals surface area contributed by atoms with Crippen LogP contribution in [-0.2, 0) is 20.9 Å². The number of nitrogens with zero attached hydrogens (tertiary/aromatic N) is 1. The van der Waals surface area contributed by atoms with Crippen LogP contribution in [-0.4, -0.2) is 37.5 Å². The van der Waals surface area contributed by atoms with E-state index in [1.165, 1.54) is 18.1 Å². The molecule has 25 heavy (non-hydrogen) atoms. The molecule has 5 nitrogen and oxygen atoms in total. The van der Waals surface area contributed by atoms with Crippen molar-refractivity contribution in [3.63, 3.8) is 0 Å². The van der Waals surface area contributed by atoms with Crippen LogP contribution in [0, 0.1) is 0 Å². The van der Waals surface area contributed by atoms with Crippen LogP contribution in [0.1, 0.15) is 11.1 Å². The maximum absolute atomic E-state index is 12.0. The molecule has 0 N–H and O–H groups in total. The molecule has 2 aromatic rings. The second kappa shape index (κ2) is 9.27. The van der Waals surface area contributed by atoms with Crippen LogP contribution in [0.5, 0.6) is 5.75 Å². The van der Waals surface area contributed by atoms with Gasteiger partial charge in [-0.1, -0.05) is 42.5 Å². The van der Waals surface area contributed by atoms with Crippen molar-refractivity contribution in [1.82, 2.24) is 4.90 Å². The predicted molar refractivity (Wildman–Crippen MR) is 95.9 cm³/mol. The summed E-state index contributed by atoms with van der Waals surface area (Å²) >= 11 is 0. The van der Waals surface area contributed by atoms with Crippen LogP contribution in [0.15, 0.2) is 60.7 Å². The Morgan fingerprint density at radius 2 is 1.84 bits per heavy atom. The molecule has 0 saturated carbocycles. The van der Waals surface area contributed by atoms with Crippen molar-refractivity contribution < 1.29 is 19.1 Å². The third-order valence-electron chi connectivity index (χ3n) is 3.49. The molecule has 0 aromatic heterocycles. The van der Waals surface area contributed by atoms with Crippen molar-refractivity contribution in [1.29, 1.82) is 0 Å². The number of amides is 1. The molecule has 2 rings (SSSR count). The summed E-state index contributed by atoms with van der Waals surface area (Å²) in [4.78, 5) is 24.4. The lowest BCUT2D eigenvalue weighted by molar-refractivity contribution is -0.144. The summed E-state index contributed by atoms with van der Waals surface area (Å²) in [6.45, 7) is 0.398. The minimum atomic E-state index is -0.458. The summed E-state index contributed by atoms with van der Waals surface area (Å²) in [5.41, 5.74) is 1.92. The number of likely N-dealkylation sites (N-methyl/N-ethyl adjacent to an activating group) is 1. The molecule has 0 unspecified atom stereocenters. The number of benzene rings is 2. The first-order valence-electron chi connectivity index (χ1n) is 7.85. The first-order chi connectivity index (χ1) is 12.1. The van der Waals surface area contributed by atoms with Gasteiger partial charge < -0.3 is 14.4 Å². The second-order valence-electron chi connectivity index (χ2n) is 5.45. The van der Waals surface area contributed by atoms with E-state index in [0.29, 0.717) is 6.61 Å². The van der Waals surface area contributed by atoms with Gasteiger partial charge in [-0.05, 0) is 29.3 Å². The number of methoxy groups -OCH3 is 1. The Hall–Kier alpha value is -3.08. The van der Waals surface area contributed by atoms with Crippen molar-refractivity contribution in [2.45, 2.75) is 6.61 Å². The molecule has 0 aliphatic carbocycles. The maximum atomic E-state index is 12.0. The summed E-state index contributed by atoms with van der Waals surface area (Å²) in [6.07, 6.45) is 3.10. The maximum Gasteiger partial charge on any atom is 0.325 e. The highest BCUT2D eigenvalue weighted by Gasteiger charge is 2.10. The largest absolute Gasteiger partial charge is 0.489 e. The lowest BCUT2D eigenvalue weighted by atomic mass is 10.2. The number of ether oxygens (including phenoxy) is 2. The van der Waals surface area contributed by atoms with E-state index in [0.717, 1.165) is 16.9 Å². The van der Waals surface area contributed by atoms with Gasteiger partial charge in [-0.15, -0.1) is 0 Å². The minimum Gasteiger partial charge on any atom is -0.489 e. The average Bonchev–Trinajstić information content (AvgIpc) is 2.65. The van der Waals surface area contributed by atoms with Crippen molar-refractivity contribution in [3.8, 4) is 5.75 Å². The smallest absolute Gasteiger partial charge is 0.325 e. The molecule has 0 aliphatic rings. The predicted octanol–water partition coefficient (Wildman–Crippen LogP) is 2.91. The Bertz CT molecular complexity index is 740. The fourth-order valence-corrected chi connectivity index (χ4v) is 2.08. The SMILES string of the molecule is COC(=O)CN(C)C(=O)/C=C/c1cccc(OCc2ccccc2)c1. The van der Waals surface area contributed by atoms with Gasteiger partial charge >= 0.3 is 5.97 Å². The average molecular weight is 339 g/mol. The van der Waals surface area contributed by atoms with Crippen molar-refractivity contribution >= 4 is 18.0 Å². The molecule has 0 radical (unpaired) electrons. The Kier molecular flexibility index (Phi) is 6.77. The zero-order valence-electron chi connectivity index (χ0n) is 14.3. The first-order valence-corrected chi connectivity index (χ1v) is 7.85. The van der Waals surface area contributed by atoms with Gasteiger partial charge in [-0.25, -0.2) is 0 Å². The zero-order chi connectivity index (χ0) is 18.1. The third kappa shape index (κ3) is 6.14. The second-order valence-corrected chi connectivity index (χ2v) is 5.45. The number of hydrogen-bond acceptors (Lipinski definition) is 4. The van der Waals surface area contributed by atoms with Gasteiger partial charge in [0.25, 0.3) is 0 Å². The van der Waals surface area contributed by atoms with E-state index in [2.05, 4.69) is 4.74 Å². The monoisotopic (exact) mass is 339 g/mol. The highest BCUT2D eigenvalue weighted by Crippen LogP contribution is 2.16. The molecule has 130 valence electrons. The number of carbonyl (C=O) groups is 2. The third-order valence-corrected chi connectivity index (χ3v) is 3.49. The van der Waals surface area contributed by atoms with E-state index in [9.17, 15) is 9.59 Å². The molecule has 0 aliphatic heterocycles. The molecule has 0 spiro atoms. The van der Waals surface area contributed by atoms with E-state index >= 15 is 0 Å². The number of rotatable bonds is 7. The van der Waals surface area contributed by atoms with Crippen molar-refractivity contribution in [2.75, 3.05) is 20.7 Å². The Balaban J connectivity index is 1.94. The minimum absolute atomic E-state index is 0.0834. The van der Waals surface area contributed by atoms with Gasteiger partial charge in [0.2, 0.25) is 5.91 Å². The highest BCUT2D eigenvalue weighted by atomic mass is 16.5. The normalized spacial score (nSPS) is 10.5. The van der Waals surface area contributed by atoms with E-state index in [1.54, 1.807) is 13.1 Å². The molecule has 2 aromatic carbocycles. The van der Waals surface area contributed by atoms with Crippen LogP contribution in [0.3, 0.4) is 0 Å². The van der Waals surface area contributed by atoms with Crippen LogP contribution in [0.2, 0.25) is 0 Å². The van der Waals surface area contributed by atoms with Gasteiger partial charge in [0.1, 0.15) is 18.9 Å². The fraction of sp³-hybridized carbons (Fsp3) is 0.200. The molecule has 0 atom stereocenters. The van der Waals surface area contributed by atoms with Gasteiger partial charge in [0, 0.05) is 13.1 Å². The van der Waals surface area contributed by atoms with E-state index in [1.807, 2.05) is 54.6 Å². The lowest BCUT2D eigenvalue weighted by Gasteiger charge is -2.12. The van der Waals surface area contributed by atoms with E-state index in [4.69, 9.17) is 4.74 Å². The van der Waals surface area contributed by atoms with Crippen molar-refractivity contribution in [2.24, 2.45) is 0 Å². The molecule has 0 fully saturated rings. The number of esters is 1. The van der Waals surface area contributed by atoms with Gasteiger partial charge in [-0.3, -0.25) is 9.59 Å². The molecule has 1 amide bonds. The molecular formula is C20H21NO4. The summed E-state index contributed by atoms with van der Waals surface area (Å²) in [5, 5.41) is 0. The number of hydrogen-bond donors (Lipinski definition) is 0. The molecule has 0 saturated heterocycles. The van der Waals surface area contributed by atoms with Crippen LogP contribution in [0.25, 0.3) is 6.08 Å². The standard InChI is InChI=1S/C20H21NO4/c1-21(14-20(23)24-2)19(22)12-11-16-9-6-10-18(13-16)25-15-17-7-4-3-5-8-17/h3-13H,14-15H2,1-2H3/b12-11+. The van der Waals surface area contributed by atoms with Crippen LogP contribution in [0.4, 0.5) is 0 Å². The number of carbonyl (C=O) groups excluding carboxylic acids is 2. The lowest BCUT2D eigenvalue weighted by Crippen LogP contribution is -2.31. The van der Waals surface area contributed by atoms with Gasteiger partial charge in [-0.2, -0.15) is 0 Å². The van der Waals surface area contributed by atoms with Crippen LogP contribution < -0.4 is 4.74 Å². The molecule has 5 heteroatoms. The summed E-state index contributed by atoms with van der Waals surface area (Å²) < 4.78 is 10.3. The first kappa shape index (κ1) is 18.3. The fourth-order valence-electron chi connectivity index (χ4n) is 2.08. The van der Waals surface area contributed by atoms with Gasteiger partial charge in [0.05, 0.1) is 7.11 Å². The zero-order valence-corrected chi connectivity index (χ0v) is 14.3. The van der Waals surface area contributed by atoms with Crippen molar-refractivity contribution in [3.05, 3.63) is 71.8 Å². The Labute approximate surface area is 147 Å². The molecule has 0 bridgehead atoms. The highest BCUT2D eigenvalue weighted by molar-refractivity contribution is 5.93. The van der Waals surface area contributed by atoms with Gasteiger partial charge in [0.15, 0.2) is 0 Å². The van der Waals surface area contributed by atoms with E-state index in [-0.39, 0.29) is 12.5 Å². The molecule has 0 heterocycles. The summed E-state index contributed by atoms with van der Waals surface area (Å²) in [7, 11) is 2.83. The quantitative estimate of drug-likeness (QED) is 0.575. The topological polar surface area (TPSA) is 55.8 Å². The summed E-state index contributed by atoms with van der Waals surface area (Å²) in [5.74, 6) is -0.0112. The molecular weight excluding hydrogens is 318 g/mol. The Morgan fingerprint density at radius 1 is 1.08 bits per heavy atom. The van der Waals surface area contributed by atoms with E-state index < -0.39 is 5.97 Å². The van der Waals surface area contributed by atoms with Crippen LogP contribution >= 0.6 is 0 Å². The summed E-state index contributed by atoms with van der Waals surface area (Å²) in [6, 6.07) is 17.4.